The minimum absolute atomic E-state index is 0.105. The van der Waals surface area contributed by atoms with Gasteiger partial charge in [-0.15, -0.1) is 0 Å². The van der Waals surface area contributed by atoms with Crippen LogP contribution in [0.2, 0.25) is 0 Å². The molecule has 0 spiro atoms. The Morgan fingerprint density at radius 1 is 0.295 bits per heavy atom. The Balaban J connectivity index is 5.21. The summed E-state index contributed by atoms with van der Waals surface area (Å²) in [6.45, 7) is 14.2. The van der Waals surface area contributed by atoms with Gasteiger partial charge >= 0.3 is 39.5 Å². The van der Waals surface area contributed by atoms with Gasteiger partial charge in [-0.1, -0.05) is 331 Å². The lowest BCUT2D eigenvalue weighted by molar-refractivity contribution is -0.161. The van der Waals surface area contributed by atoms with Crippen molar-refractivity contribution >= 4 is 39.5 Å². The lowest BCUT2D eigenvalue weighted by atomic mass is 9.99. The Morgan fingerprint density at radius 3 is 0.747 bits per heavy atom. The van der Waals surface area contributed by atoms with E-state index in [1.165, 1.54) is 180 Å². The van der Waals surface area contributed by atoms with E-state index in [9.17, 15) is 43.2 Å². The number of hydrogen-bond acceptors (Lipinski definition) is 15. The van der Waals surface area contributed by atoms with Crippen LogP contribution in [-0.4, -0.2) is 96.7 Å². The zero-order valence-electron chi connectivity index (χ0n) is 62.3. The molecule has 0 heterocycles. The standard InChI is InChI=1S/C76H148O17P2/c1-9-69(8)55-47-39-30-24-18-14-10-11-15-20-26-32-42-50-58-75(80)93-72(63-87-74(79)57-49-41-35-34-38-46-54-68(6)7)65-91-95(84,85)89-61-70(77)60-88-94(82,83)90-64-71(92-76(81)59-51-43-33-27-21-23-29-37-45-53-67(4)5)62-86-73(78)56-48-40-31-25-19-16-12-13-17-22-28-36-44-52-66(2)3/h66-72,77H,9-65H2,1-8H3,(H,82,83)(H,84,85)/t69?,70-,71-,72-/m1/s1. The molecule has 564 valence electrons. The molecule has 0 aliphatic carbocycles. The molecule has 6 atom stereocenters. The second-order valence-electron chi connectivity index (χ2n) is 29.1. The van der Waals surface area contributed by atoms with Gasteiger partial charge in [-0.2, -0.15) is 0 Å². The number of aliphatic hydroxyl groups excluding tert-OH is 1. The van der Waals surface area contributed by atoms with Gasteiger partial charge < -0.3 is 33.8 Å². The fraction of sp³-hybridized carbons (Fsp3) is 0.947. The molecular weight excluding hydrogens is 1250 g/mol. The van der Waals surface area contributed by atoms with Gasteiger partial charge in [0, 0.05) is 25.7 Å². The summed E-state index contributed by atoms with van der Waals surface area (Å²) in [7, 11) is -9.91. The fourth-order valence-corrected chi connectivity index (χ4v) is 13.1. The summed E-state index contributed by atoms with van der Waals surface area (Å²) in [5, 5.41) is 10.6. The quantitative estimate of drug-likeness (QED) is 0.0222. The number of aliphatic hydroxyl groups is 1. The van der Waals surface area contributed by atoms with Crippen molar-refractivity contribution in [1.82, 2.24) is 0 Å². The van der Waals surface area contributed by atoms with Crippen LogP contribution in [0.15, 0.2) is 0 Å². The van der Waals surface area contributed by atoms with Crippen LogP contribution in [0.25, 0.3) is 0 Å². The third-order valence-corrected chi connectivity index (χ3v) is 19.8. The van der Waals surface area contributed by atoms with Gasteiger partial charge in [0.15, 0.2) is 12.2 Å². The average molecular weight is 1400 g/mol. The minimum atomic E-state index is -4.96. The normalized spacial score (nSPS) is 14.4. The van der Waals surface area contributed by atoms with E-state index < -0.39 is 97.5 Å². The van der Waals surface area contributed by atoms with Crippen LogP contribution in [0.1, 0.15) is 383 Å². The number of unbranched alkanes of at least 4 members (excludes halogenated alkanes) is 38. The number of ether oxygens (including phenoxy) is 4. The van der Waals surface area contributed by atoms with Crippen LogP contribution in [-0.2, 0) is 65.4 Å². The third kappa shape index (κ3) is 69.0. The van der Waals surface area contributed by atoms with Crippen LogP contribution in [0.5, 0.6) is 0 Å². The first-order chi connectivity index (χ1) is 45.6. The molecule has 0 bridgehead atoms. The number of phosphoric acid groups is 2. The number of hydrogen-bond donors (Lipinski definition) is 3. The van der Waals surface area contributed by atoms with Crippen LogP contribution < -0.4 is 0 Å². The molecule has 0 aromatic rings. The molecule has 0 aliphatic rings. The summed E-state index contributed by atoms with van der Waals surface area (Å²) in [6.07, 6.45) is 50.1. The predicted octanol–water partition coefficient (Wildman–Crippen LogP) is 22.0. The summed E-state index contributed by atoms with van der Waals surface area (Å²) in [6, 6.07) is 0. The fourth-order valence-electron chi connectivity index (χ4n) is 11.5. The van der Waals surface area contributed by atoms with Gasteiger partial charge in [0.05, 0.1) is 26.4 Å². The highest BCUT2D eigenvalue weighted by Crippen LogP contribution is 2.45. The average Bonchev–Trinajstić information content (AvgIpc) is 1.73. The van der Waals surface area contributed by atoms with Gasteiger partial charge in [-0.25, -0.2) is 9.13 Å². The minimum Gasteiger partial charge on any atom is -0.462 e. The van der Waals surface area contributed by atoms with Crippen molar-refractivity contribution in [3.05, 3.63) is 0 Å². The summed E-state index contributed by atoms with van der Waals surface area (Å²) < 4.78 is 68.5. The number of carbonyl (C=O) groups is 4. The first kappa shape index (κ1) is 93.1. The second kappa shape index (κ2) is 65.4. The molecule has 0 aromatic heterocycles. The highest BCUT2D eigenvalue weighted by molar-refractivity contribution is 7.47. The second-order valence-corrected chi connectivity index (χ2v) is 32.0. The predicted molar refractivity (Wildman–Crippen MR) is 386 cm³/mol. The van der Waals surface area contributed by atoms with E-state index in [1.807, 2.05) is 0 Å². The maximum atomic E-state index is 13.1. The molecule has 0 radical (unpaired) electrons. The summed E-state index contributed by atoms with van der Waals surface area (Å²) >= 11 is 0. The highest BCUT2D eigenvalue weighted by atomic mass is 31.2. The largest absolute Gasteiger partial charge is 0.472 e. The van der Waals surface area contributed by atoms with E-state index in [1.54, 1.807) is 0 Å². The molecule has 0 fully saturated rings. The van der Waals surface area contributed by atoms with Crippen molar-refractivity contribution in [3.63, 3.8) is 0 Å². The Labute approximate surface area is 581 Å². The van der Waals surface area contributed by atoms with Crippen LogP contribution >= 0.6 is 15.6 Å². The van der Waals surface area contributed by atoms with Crippen LogP contribution in [0.4, 0.5) is 0 Å². The topological polar surface area (TPSA) is 237 Å². The van der Waals surface area contributed by atoms with E-state index in [0.29, 0.717) is 31.6 Å². The first-order valence-corrected chi connectivity index (χ1v) is 42.2. The molecule has 19 heteroatoms. The molecule has 0 rings (SSSR count). The number of esters is 4. The molecule has 0 aliphatic heterocycles. The molecule has 0 aromatic carbocycles. The van der Waals surface area contributed by atoms with Gasteiger partial charge in [-0.3, -0.25) is 37.3 Å². The van der Waals surface area contributed by atoms with E-state index in [0.717, 1.165) is 114 Å². The zero-order valence-corrected chi connectivity index (χ0v) is 64.1. The first-order valence-electron chi connectivity index (χ1n) is 39.2. The Morgan fingerprint density at radius 2 is 0.505 bits per heavy atom. The molecule has 0 amide bonds. The van der Waals surface area contributed by atoms with Crippen molar-refractivity contribution in [2.45, 2.75) is 401 Å². The number of rotatable bonds is 73. The van der Waals surface area contributed by atoms with Gasteiger partial charge in [0.1, 0.15) is 19.3 Å². The van der Waals surface area contributed by atoms with E-state index in [4.69, 9.17) is 37.0 Å². The lowest BCUT2D eigenvalue weighted by Crippen LogP contribution is -2.30. The Bertz CT molecular complexity index is 1870. The number of phosphoric ester groups is 2. The lowest BCUT2D eigenvalue weighted by Gasteiger charge is -2.21. The maximum Gasteiger partial charge on any atom is 0.472 e. The molecule has 0 saturated heterocycles. The molecular formula is C76H148O17P2. The van der Waals surface area contributed by atoms with Crippen molar-refractivity contribution < 1.29 is 80.2 Å². The smallest absolute Gasteiger partial charge is 0.462 e. The van der Waals surface area contributed by atoms with Crippen molar-refractivity contribution in [2.75, 3.05) is 39.6 Å². The maximum absolute atomic E-state index is 13.1. The van der Waals surface area contributed by atoms with E-state index in [-0.39, 0.29) is 25.7 Å². The SMILES string of the molecule is CCC(C)CCCCCCCCCCCCCCCCC(=O)O[C@H](COC(=O)CCCCCCCCC(C)C)COP(=O)(O)OC[C@H](O)COP(=O)(O)OC[C@@H](COC(=O)CCCCCCCCCCCCCCCC(C)C)OC(=O)CCCCCCCCCCCC(C)C. The Kier molecular flexibility index (Phi) is 64.0. The van der Waals surface area contributed by atoms with Gasteiger partial charge in [0.25, 0.3) is 0 Å². The molecule has 95 heavy (non-hydrogen) atoms. The third-order valence-electron chi connectivity index (χ3n) is 17.9. The summed E-state index contributed by atoms with van der Waals surface area (Å²) in [4.78, 5) is 72.8. The van der Waals surface area contributed by atoms with Crippen molar-refractivity contribution in [1.29, 1.82) is 0 Å². The van der Waals surface area contributed by atoms with Gasteiger partial charge in [0.2, 0.25) is 0 Å². The Hall–Kier alpha value is -1.94. The zero-order chi connectivity index (χ0) is 70.3. The summed E-state index contributed by atoms with van der Waals surface area (Å²) in [5.74, 6) is 0.930. The molecule has 3 N–H and O–H groups in total. The van der Waals surface area contributed by atoms with Gasteiger partial charge in [-0.05, 0) is 49.4 Å². The van der Waals surface area contributed by atoms with E-state index in [2.05, 4.69) is 55.4 Å². The number of carbonyl (C=O) groups excluding carboxylic acids is 4. The van der Waals surface area contributed by atoms with Crippen molar-refractivity contribution in [3.8, 4) is 0 Å². The highest BCUT2D eigenvalue weighted by Gasteiger charge is 2.30. The van der Waals surface area contributed by atoms with E-state index >= 15 is 0 Å². The van der Waals surface area contributed by atoms with Crippen LogP contribution in [0.3, 0.4) is 0 Å². The van der Waals surface area contributed by atoms with Crippen molar-refractivity contribution in [2.24, 2.45) is 23.7 Å². The monoisotopic (exact) mass is 1400 g/mol. The van der Waals surface area contributed by atoms with Crippen LogP contribution in [0, 0.1) is 23.7 Å². The molecule has 0 saturated carbocycles. The molecule has 3 unspecified atom stereocenters. The summed E-state index contributed by atoms with van der Waals surface area (Å²) in [5.41, 5.74) is 0. The molecule has 17 nitrogen and oxygen atoms in total.